The molecule has 1 heterocycles. The monoisotopic (exact) mass is 271 g/mol. The lowest BCUT2D eigenvalue weighted by molar-refractivity contribution is 0.154. The molecule has 1 aromatic rings. The lowest BCUT2D eigenvalue weighted by Crippen LogP contribution is -2.22. The summed E-state index contributed by atoms with van der Waals surface area (Å²) in [6.07, 6.45) is 1.17. The van der Waals surface area contributed by atoms with E-state index in [4.69, 9.17) is 4.74 Å². The van der Waals surface area contributed by atoms with Crippen LogP contribution in [0.3, 0.4) is 0 Å². The van der Waals surface area contributed by atoms with Crippen LogP contribution in [-0.2, 0) is 11.3 Å². The van der Waals surface area contributed by atoms with E-state index in [1.807, 2.05) is 6.92 Å². The average Bonchev–Trinajstić information content (AvgIpc) is 2.72. The fourth-order valence-electron chi connectivity index (χ4n) is 1.56. The van der Waals surface area contributed by atoms with Gasteiger partial charge in [0.15, 0.2) is 5.13 Å². The first kappa shape index (κ1) is 15.4. The van der Waals surface area contributed by atoms with E-state index < -0.39 is 0 Å². The molecule has 1 N–H and O–H groups in total. The van der Waals surface area contributed by atoms with E-state index in [9.17, 15) is 0 Å². The van der Waals surface area contributed by atoms with Crippen molar-refractivity contribution >= 4 is 16.5 Å². The van der Waals surface area contributed by atoms with Crippen molar-refractivity contribution in [2.45, 2.75) is 33.7 Å². The molecule has 18 heavy (non-hydrogen) atoms. The fraction of sp³-hybridized carbons (Fsp3) is 0.769. The minimum absolute atomic E-state index is 0.759. The molecule has 5 heteroatoms. The second kappa shape index (κ2) is 8.45. The molecule has 0 fully saturated rings. The van der Waals surface area contributed by atoms with Crippen LogP contribution >= 0.6 is 11.3 Å². The van der Waals surface area contributed by atoms with Gasteiger partial charge < -0.3 is 15.0 Å². The molecule has 0 aliphatic rings. The highest BCUT2D eigenvalue weighted by Crippen LogP contribution is 2.24. The Kier molecular flexibility index (Phi) is 7.23. The van der Waals surface area contributed by atoms with Crippen molar-refractivity contribution in [3.8, 4) is 0 Å². The normalized spacial score (nSPS) is 10.9. The fourth-order valence-corrected chi connectivity index (χ4v) is 2.58. The molecule has 0 radical (unpaired) electrons. The summed E-state index contributed by atoms with van der Waals surface area (Å²) in [6, 6.07) is 0. The van der Waals surface area contributed by atoms with Gasteiger partial charge in [0.2, 0.25) is 0 Å². The molecule has 0 saturated heterocycles. The Balaban J connectivity index is 2.48. The molecule has 0 saturated carbocycles. The van der Waals surface area contributed by atoms with Crippen molar-refractivity contribution in [1.29, 1.82) is 0 Å². The van der Waals surface area contributed by atoms with Crippen LogP contribution in [0.2, 0.25) is 0 Å². The molecular weight excluding hydrogens is 246 g/mol. The summed E-state index contributed by atoms with van der Waals surface area (Å²) >= 11 is 1.77. The molecule has 0 amide bonds. The number of rotatable bonds is 9. The first-order valence-corrected chi connectivity index (χ1v) is 7.46. The predicted octanol–water partition coefficient (Wildman–Crippen LogP) is 2.42. The van der Waals surface area contributed by atoms with E-state index in [1.54, 1.807) is 11.3 Å². The van der Waals surface area contributed by atoms with E-state index in [0.29, 0.717) is 0 Å². The number of nitrogens with one attached hydrogen (secondary N) is 1. The quantitative estimate of drug-likeness (QED) is 0.700. The zero-order valence-electron chi connectivity index (χ0n) is 12.0. The Morgan fingerprint density at radius 2 is 2.17 bits per heavy atom. The second-order valence-corrected chi connectivity index (χ2v) is 5.36. The van der Waals surface area contributed by atoms with Gasteiger partial charge in [-0.3, -0.25) is 0 Å². The van der Waals surface area contributed by atoms with Crippen LogP contribution in [0.25, 0.3) is 0 Å². The van der Waals surface area contributed by atoms with Crippen molar-refractivity contribution in [3.05, 3.63) is 10.6 Å². The van der Waals surface area contributed by atoms with Gasteiger partial charge in [0.1, 0.15) is 0 Å². The van der Waals surface area contributed by atoms with Gasteiger partial charge in [0.05, 0.1) is 12.3 Å². The molecule has 0 spiro atoms. The number of aryl methyl sites for hydroxylation is 1. The summed E-state index contributed by atoms with van der Waals surface area (Å²) in [6.45, 7) is 10.7. The highest BCUT2D eigenvalue weighted by atomic mass is 32.1. The standard InChI is InChI=1S/C13H25N3OS/c1-5-7-14-10-12-11(3)15-13(18-12)16(4)8-9-17-6-2/h14H,5-10H2,1-4H3. The van der Waals surface area contributed by atoms with Gasteiger partial charge in [-0.25, -0.2) is 4.98 Å². The summed E-state index contributed by atoms with van der Waals surface area (Å²) in [4.78, 5) is 8.12. The third-order valence-corrected chi connectivity index (χ3v) is 3.97. The van der Waals surface area contributed by atoms with Gasteiger partial charge in [-0.05, 0) is 26.8 Å². The third kappa shape index (κ3) is 4.92. The van der Waals surface area contributed by atoms with Crippen LogP contribution in [0.4, 0.5) is 5.13 Å². The molecule has 104 valence electrons. The third-order valence-electron chi connectivity index (χ3n) is 2.70. The zero-order chi connectivity index (χ0) is 13.4. The first-order valence-electron chi connectivity index (χ1n) is 6.64. The summed E-state index contributed by atoms with van der Waals surface area (Å²) < 4.78 is 5.36. The minimum Gasteiger partial charge on any atom is -0.380 e. The number of hydrogen-bond donors (Lipinski definition) is 1. The Morgan fingerprint density at radius 3 is 2.83 bits per heavy atom. The number of thiazole rings is 1. The van der Waals surface area contributed by atoms with Crippen LogP contribution < -0.4 is 10.2 Å². The molecular formula is C13H25N3OS. The molecule has 0 aliphatic heterocycles. The molecule has 1 aromatic heterocycles. The molecule has 1 rings (SSSR count). The highest BCUT2D eigenvalue weighted by molar-refractivity contribution is 7.15. The molecule has 0 aliphatic carbocycles. The topological polar surface area (TPSA) is 37.4 Å². The Labute approximate surface area is 114 Å². The van der Waals surface area contributed by atoms with Crippen LogP contribution in [0.1, 0.15) is 30.8 Å². The number of hydrogen-bond acceptors (Lipinski definition) is 5. The number of aromatic nitrogens is 1. The van der Waals surface area contributed by atoms with Crippen molar-refractivity contribution in [2.24, 2.45) is 0 Å². The van der Waals surface area contributed by atoms with Crippen LogP contribution in [0.15, 0.2) is 0 Å². The number of nitrogens with zero attached hydrogens (tertiary/aromatic N) is 2. The molecule has 4 nitrogen and oxygen atoms in total. The van der Waals surface area contributed by atoms with Gasteiger partial charge in [0, 0.05) is 31.6 Å². The summed E-state index contributed by atoms with van der Waals surface area (Å²) in [5.41, 5.74) is 1.14. The maximum absolute atomic E-state index is 5.36. The zero-order valence-corrected chi connectivity index (χ0v) is 12.8. The van der Waals surface area contributed by atoms with Gasteiger partial charge in [-0.1, -0.05) is 6.92 Å². The van der Waals surface area contributed by atoms with Crippen molar-refractivity contribution in [1.82, 2.24) is 10.3 Å². The van der Waals surface area contributed by atoms with E-state index in [0.717, 1.165) is 43.7 Å². The summed E-state index contributed by atoms with van der Waals surface area (Å²) in [5, 5.41) is 4.51. The minimum atomic E-state index is 0.759. The van der Waals surface area contributed by atoms with Gasteiger partial charge in [0.25, 0.3) is 0 Å². The largest absolute Gasteiger partial charge is 0.380 e. The summed E-state index contributed by atoms with van der Waals surface area (Å²) in [5.74, 6) is 0. The van der Waals surface area contributed by atoms with E-state index in [1.165, 1.54) is 11.3 Å². The van der Waals surface area contributed by atoms with Gasteiger partial charge >= 0.3 is 0 Å². The SMILES string of the molecule is CCCNCc1sc(N(C)CCOCC)nc1C. The van der Waals surface area contributed by atoms with E-state index in [-0.39, 0.29) is 0 Å². The Morgan fingerprint density at radius 1 is 1.39 bits per heavy atom. The molecule has 0 bridgehead atoms. The van der Waals surface area contributed by atoms with E-state index in [2.05, 4.69) is 36.1 Å². The number of ether oxygens (including phenoxy) is 1. The van der Waals surface area contributed by atoms with Crippen molar-refractivity contribution in [3.63, 3.8) is 0 Å². The lowest BCUT2D eigenvalue weighted by atomic mass is 10.4. The second-order valence-electron chi connectivity index (χ2n) is 4.30. The molecule has 0 aromatic carbocycles. The average molecular weight is 271 g/mol. The van der Waals surface area contributed by atoms with Crippen LogP contribution in [-0.4, -0.2) is 38.3 Å². The van der Waals surface area contributed by atoms with E-state index >= 15 is 0 Å². The Bertz CT molecular complexity index is 341. The first-order chi connectivity index (χ1) is 8.69. The number of anilines is 1. The Hall–Kier alpha value is -0.650. The van der Waals surface area contributed by atoms with Crippen LogP contribution in [0.5, 0.6) is 0 Å². The highest BCUT2D eigenvalue weighted by Gasteiger charge is 2.10. The van der Waals surface area contributed by atoms with Crippen molar-refractivity contribution < 1.29 is 4.74 Å². The van der Waals surface area contributed by atoms with Gasteiger partial charge in [-0.2, -0.15) is 0 Å². The van der Waals surface area contributed by atoms with Crippen LogP contribution in [0, 0.1) is 6.92 Å². The predicted molar refractivity (Wildman–Crippen MR) is 78.6 cm³/mol. The molecule has 0 atom stereocenters. The summed E-state index contributed by atoms with van der Waals surface area (Å²) in [7, 11) is 2.07. The maximum atomic E-state index is 5.36. The molecule has 0 unspecified atom stereocenters. The van der Waals surface area contributed by atoms with Crippen molar-refractivity contribution in [2.75, 3.05) is 38.3 Å². The lowest BCUT2D eigenvalue weighted by Gasteiger charge is -2.14. The maximum Gasteiger partial charge on any atom is 0.185 e. The number of likely N-dealkylation sites (N-methyl/N-ethyl adjacent to an activating group) is 1. The smallest absolute Gasteiger partial charge is 0.185 e. The van der Waals surface area contributed by atoms with Gasteiger partial charge in [-0.15, -0.1) is 11.3 Å².